The van der Waals surface area contributed by atoms with Crippen LogP contribution in [-0.2, 0) is 11.3 Å². The van der Waals surface area contributed by atoms with Crippen LogP contribution in [-0.4, -0.2) is 19.8 Å². The number of benzene rings is 2. The van der Waals surface area contributed by atoms with Gasteiger partial charge in [0.15, 0.2) is 0 Å². The Labute approximate surface area is 127 Å². The molecule has 0 heterocycles. The Morgan fingerprint density at radius 1 is 0.952 bits per heavy atom. The highest BCUT2D eigenvalue weighted by Crippen LogP contribution is 2.28. The number of hydrogen-bond donors (Lipinski definition) is 1. The standard InChI is InChI=1S/C19H23NO/c1-2-6-18(7-3-1)19-8-4-5-17(13-19)14-20-11-12-21-15-16-9-10-16/h1-8,13,16,20H,9-12,14-15H2. The first-order chi connectivity index (χ1) is 10.4. The lowest BCUT2D eigenvalue weighted by Crippen LogP contribution is -2.19. The van der Waals surface area contributed by atoms with Gasteiger partial charge in [0.25, 0.3) is 0 Å². The molecule has 0 radical (unpaired) electrons. The molecule has 1 N–H and O–H groups in total. The fraction of sp³-hybridized carbons (Fsp3) is 0.368. The predicted molar refractivity (Wildman–Crippen MR) is 87.1 cm³/mol. The largest absolute Gasteiger partial charge is 0.380 e. The second kappa shape index (κ2) is 7.39. The molecule has 0 saturated heterocycles. The van der Waals surface area contributed by atoms with Crippen molar-refractivity contribution in [3.05, 3.63) is 60.2 Å². The zero-order valence-electron chi connectivity index (χ0n) is 12.4. The first-order valence-corrected chi connectivity index (χ1v) is 7.84. The van der Waals surface area contributed by atoms with E-state index in [-0.39, 0.29) is 0 Å². The Morgan fingerprint density at radius 3 is 2.57 bits per heavy atom. The maximum absolute atomic E-state index is 5.63. The molecule has 0 atom stereocenters. The van der Waals surface area contributed by atoms with Crippen molar-refractivity contribution in [3.63, 3.8) is 0 Å². The van der Waals surface area contributed by atoms with Crippen molar-refractivity contribution < 1.29 is 4.74 Å². The van der Waals surface area contributed by atoms with E-state index in [1.165, 1.54) is 29.5 Å². The molecular weight excluding hydrogens is 258 g/mol. The number of hydrogen-bond acceptors (Lipinski definition) is 2. The number of ether oxygens (including phenoxy) is 1. The van der Waals surface area contributed by atoms with E-state index in [0.717, 1.165) is 32.2 Å². The van der Waals surface area contributed by atoms with E-state index in [4.69, 9.17) is 4.74 Å². The molecule has 21 heavy (non-hydrogen) atoms. The summed E-state index contributed by atoms with van der Waals surface area (Å²) in [4.78, 5) is 0. The van der Waals surface area contributed by atoms with E-state index in [9.17, 15) is 0 Å². The van der Waals surface area contributed by atoms with Crippen LogP contribution in [0.1, 0.15) is 18.4 Å². The van der Waals surface area contributed by atoms with Crippen LogP contribution in [0.2, 0.25) is 0 Å². The van der Waals surface area contributed by atoms with Crippen molar-refractivity contribution >= 4 is 0 Å². The molecule has 0 spiro atoms. The minimum Gasteiger partial charge on any atom is -0.380 e. The summed E-state index contributed by atoms with van der Waals surface area (Å²) in [6.45, 7) is 3.58. The highest BCUT2D eigenvalue weighted by atomic mass is 16.5. The van der Waals surface area contributed by atoms with E-state index in [0.29, 0.717) is 0 Å². The van der Waals surface area contributed by atoms with Crippen LogP contribution in [0, 0.1) is 5.92 Å². The molecule has 3 rings (SSSR count). The molecule has 2 aromatic carbocycles. The van der Waals surface area contributed by atoms with Gasteiger partial charge >= 0.3 is 0 Å². The second-order valence-corrected chi connectivity index (χ2v) is 5.76. The number of rotatable bonds is 8. The quantitative estimate of drug-likeness (QED) is 0.742. The average molecular weight is 281 g/mol. The van der Waals surface area contributed by atoms with E-state index >= 15 is 0 Å². The third kappa shape index (κ3) is 4.69. The van der Waals surface area contributed by atoms with Crippen molar-refractivity contribution in [2.45, 2.75) is 19.4 Å². The van der Waals surface area contributed by atoms with Crippen LogP contribution in [0.25, 0.3) is 11.1 Å². The van der Waals surface area contributed by atoms with Crippen LogP contribution < -0.4 is 5.32 Å². The predicted octanol–water partition coefficient (Wildman–Crippen LogP) is 3.87. The lowest BCUT2D eigenvalue weighted by Gasteiger charge is -2.08. The molecule has 2 nitrogen and oxygen atoms in total. The Kier molecular flexibility index (Phi) is 5.03. The summed E-state index contributed by atoms with van der Waals surface area (Å²) in [6.07, 6.45) is 2.72. The summed E-state index contributed by atoms with van der Waals surface area (Å²) >= 11 is 0. The van der Waals surface area contributed by atoms with Gasteiger partial charge in [-0.1, -0.05) is 48.5 Å². The third-order valence-electron chi connectivity index (χ3n) is 3.84. The average Bonchev–Trinajstić information content (AvgIpc) is 3.36. The van der Waals surface area contributed by atoms with Gasteiger partial charge in [0.2, 0.25) is 0 Å². The molecule has 0 aromatic heterocycles. The Morgan fingerprint density at radius 2 is 1.76 bits per heavy atom. The Hall–Kier alpha value is -1.64. The van der Waals surface area contributed by atoms with Gasteiger partial charge in [-0.15, -0.1) is 0 Å². The first-order valence-electron chi connectivity index (χ1n) is 7.84. The molecular formula is C19H23NO. The minimum absolute atomic E-state index is 0.814. The van der Waals surface area contributed by atoms with Crippen molar-refractivity contribution in [3.8, 4) is 11.1 Å². The van der Waals surface area contributed by atoms with E-state index in [1.807, 2.05) is 0 Å². The lowest BCUT2D eigenvalue weighted by atomic mass is 10.0. The van der Waals surface area contributed by atoms with E-state index < -0.39 is 0 Å². The third-order valence-corrected chi connectivity index (χ3v) is 3.84. The zero-order chi connectivity index (χ0) is 14.3. The molecule has 0 unspecified atom stereocenters. The topological polar surface area (TPSA) is 21.3 Å². The second-order valence-electron chi connectivity index (χ2n) is 5.76. The molecule has 1 aliphatic carbocycles. The van der Waals surface area contributed by atoms with Gasteiger partial charge in [0, 0.05) is 19.7 Å². The van der Waals surface area contributed by atoms with Crippen LogP contribution >= 0.6 is 0 Å². The molecule has 2 heteroatoms. The molecule has 0 amide bonds. The van der Waals surface area contributed by atoms with Crippen LogP contribution in [0.15, 0.2) is 54.6 Å². The molecule has 1 aliphatic rings. The summed E-state index contributed by atoms with van der Waals surface area (Å²) in [5.41, 5.74) is 3.87. The van der Waals surface area contributed by atoms with Gasteiger partial charge in [-0.3, -0.25) is 0 Å². The molecule has 0 bridgehead atoms. The molecule has 0 aliphatic heterocycles. The lowest BCUT2D eigenvalue weighted by molar-refractivity contribution is 0.126. The number of nitrogens with one attached hydrogen (secondary N) is 1. The van der Waals surface area contributed by atoms with E-state index in [2.05, 4.69) is 59.9 Å². The van der Waals surface area contributed by atoms with Crippen LogP contribution in [0.3, 0.4) is 0 Å². The normalized spacial score (nSPS) is 14.3. The molecule has 2 aromatic rings. The van der Waals surface area contributed by atoms with Gasteiger partial charge in [-0.05, 0) is 41.5 Å². The first kappa shape index (κ1) is 14.3. The molecule has 1 fully saturated rings. The Balaban J connectivity index is 1.44. The van der Waals surface area contributed by atoms with Crippen molar-refractivity contribution in [1.29, 1.82) is 0 Å². The SMILES string of the molecule is c1ccc(-c2cccc(CNCCOCC3CC3)c2)cc1. The van der Waals surface area contributed by atoms with Crippen molar-refractivity contribution in [2.75, 3.05) is 19.8 Å². The summed E-state index contributed by atoms with van der Waals surface area (Å²) in [6, 6.07) is 19.2. The smallest absolute Gasteiger partial charge is 0.0591 e. The molecule has 1 saturated carbocycles. The fourth-order valence-electron chi connectivity index (χ4n) is 2.40. The fourth-order valence-corrected chi connectivity index (χ4v) is 2.40. The van der Waals surface area contributed by atoms with Crippen molar-refractivity contribution in [1.82, 2.24) is 5.32 Å². The molecule has 110 valence electrons. The summed E-state index contributed by atoms with van der Waals surface area (Å²) in [5.74, 6) is 0.854. The summed E-state index contributed by atoms with van der Waals surface area (Å²) in [7, 11) is 0. The monoisotopic (exact) mass is 281 g/mol. The summed E-state index contributed by atoms with van der Waals surface area (Å²) < 4.78 is 5.63. The van der Waals surface area contributed by atoms with Gasteiger partial charge in [0.1, 0.15) is 0 Å². The zero-order valence-corrected chi connectivity index (χ0v) is 12.4. The van der Waals surface area contributed by atoms with Crippen molar-refractivity contribution in [2.24, 2.45) is 5.92 Å². The van der Waals surface area contributed by atoms with Crippen LogP contribution in [0.4, 0.5) is 0 Å². The van der Waals surface area contributed by atoms with Crippen LogP contribution in [0.5, 0.6) is 0 Å². The highest BCUT2D eigenvalue weighted by molar-refractivity contribution is 5.63. The van der Waals surface area contributed by atoms with Gasteiger partial charge < -0.3 is 10.1 Å². The van der Waals surface area contributed by atoms with Gasteiger partial charge in [0.05, 0.1) is 6.61 Å². The highest BCUT2D eigenvalue weighted by Gasteiger charge is 2.20. The maximum Gasteiger partial charge on any atom is 0.0591 e. The van der Waals surface area contributed by atoms with E-state index in [1.54, 1.807) is 0 Å². The van der Waals surface area contributed by atoms with Gasteiger partial charge in [-0.25, -0.2) is 0 Å². The Bertz CT molecular complexity index is 549. The maximum atomic E-state index is 5.63. The van der Waals surface area contributed by atoms with Gasteiger partial charge in [-0.2, -0.15) is 0 Å². The summed E-state index contributed by atoms with van der Waals surface area (Å²) in [5, 5.41) is 3.45. The minimum atomic E-state index is 0.814.